The van der Waals surface area contributed by atoms with Gasteiger partial charge in [0.05, 0.1) is 30.0 Å². The van der Waals surface area contributed by atoms with E-state index in [1.807, 2.05) is 62.6 Å². The first-order valence-corrected chi connectivity index (χ1v) is 15.1. The number of amides is 1. The van der Waals surface area contributed by atoms with Crippen LogP contribution in [0.2, 0.25) is 0 Å². The topological polar surface area (TPSA) is 112 Å². The average molecular weight is 593 g/mol. The summed E-state index contributed by atoms with van der Waals surface area (Å²) in [5, 5.41) is 16.2. The number of ether oxygens (including phenoxy) is 3. The summed E-state index contributed by atoms with van der Waals surface area (Å²) >= 11 is 0. The second-order valence-electron chi connectivity index (χ2n) is 12.5. The van der Waals surface area contributed by atoms with Crippen LogP contribution in [-0.4, -0.2) is 56.8 Å². The van der Waals surface area contributed by atoms with Crippen molar-refractivity contribution < 1.29 is 19.0 Å². The Morgan fingerprint density at radius 3 is 2.39 bits per heavy atom. The quantitative estimate of drug-likeness (QED) is 0.236. The Balaban J connectivity index is 1.29. The van der Waals surface area contributed by atoms with Crippen molar-refractivity contribution in [3.63, 3.8) is 0 Å². The fourth-order valence-electron chi connectivity index (χ4n) is 6.31. The molecule has 10 nitrogen and oxygen atoms in total. The molecular weight excluding hydrogens is 556 g/mol. The van der Waals surface area contributed by atoms with Crippen LogP contribution in [0, 0.1) is 0 Å². The predicted molar refractivity (Wildman–Crippen MR) is 168 cm³/mol. The van der Waals surface area contributed by atoms with Gasteiger partial charge in [0.2, 0.25) is 5.95 Å². The highest BCUT2D eigenvalue weighted by molar-refractivity contribution is 5.98. The van der Waals surface area contributed by atoms with Crippen molar-refractivity contribution in [3.05, 3.63) is 78.5 Å². The fourth-order valence-corrected chi connectivity index (χ4v) is 6.31. The molecule has 0 radical (unpaired) electrons. The third-order valence-corrected chi connectivity index (χ3v) is 8.20. The summed E-state index contributed by atoms with van der Waals surface area (Å²) in [6, 6.07) is 22.6. The van der Waals surface area contributed by atoms with Crippen LogP contribution in [0.4, 0.5) is 10.7 Å². The Bertz CT molecular complexity index is 1830. The maximum atomic E-state index is 12.9. The van der Waals surface area contributed by atoms with E-state index in [2.05, 4.69) is 63.3 Å². The molecule has 0 bridgehead atoms. The van der Waals surface area contributed by atoms with Crippen molar-refractivity contribution in [2.45, 2.75) is 57.5 Å². The van der Waals surface area contributed by atoms with E-state index in [-0.39, 0.29) is 0 Å². The molecule has 1 saturated carbocycles. The molecule has 1 aliphatic carbocycles. The van der Waals surface area contributed by atoms with E-state index in [1.54, 1.807) is 0 Å². The number of hydrogen-bond acceptors (Lipinski definition) is 8. The molecule has 4 heterocycles. The third kappa shape index (κ3) is 5.03. The lowest BCUT2D eigenvalue weighted by atomic mass is 9.67. The van der Waals surface area contributed by atoms with Crippen molar-refractivity contribution in [1.82, 2.24) is 24.9 Å². The van der Waals surface area contributed by atoms with Crippen LogP contribution in [0.3, 0.4) is 0 Å². The number of benzene rings is 2. The summed E-state index contributed by atoms with van der Waals surface area (Å²) < 4.78 is 19.5. The van der Waals surface area contributed by atoms with E-state index in [9.17, 15) is 4.79 Å². The first-order valence-electron chi connectivity index (χ1n) is 15.1. The largest absolute Gasteiger partial charge is 0.444 e. The number of nitrogens with zero attached hydrogens (tertiary/aromatic N) is 4. The zero-order valence-electron chi connectivity index (χ0n) is 25.4. The number of aromatic nitrogens is 4. The molecule has 1 aliphatic heterocycles. The molecule has 1 saturated heterocycles. The number of nitrogens with one attached hydrogen (secondary N) is 2. The number of alkyl carbamates (subject to hydrolysis) is 1. The lowest BCUT2D eigenvalue weighted by molar-refractivity contribution is -0.245. The normalized spacial score (nSPS) is 17.1. The number of hydrogen-bond donors (Lipinski definition) is 2. The number of rotatable bonds is 6. The minimum absolute atomic E-state index is 0.464. The second kappa shape index (κ2) is 10.6. The standard InChI is InChI=1S/C34H36N6O4/c1-5-35-30-39-38-29-26-19-25(22-9-7-6-8-10-22)28(36-27(26)15-16-40(29)30)23-11-13-24(14-12-23)33(37-31(41)44-32(2,3)4)20-34(21-33)42-17-18-43-34/h6-16,19H,5,17-18,20-21H2,1-4H3,(H,35,39)(H,37,41). The number of pyridine rings is 2. The Hall–Kier alpha value is -4.54. The SMILES string of the molecule is CCNc1nnc2c3cc(-c4ccccc4)c(-c4ccc(C5(NC(=O)OC(C)(C)C)CC6(C5)OCCO6)cc4)nc3ccn12. The maximum absolute atomic E-state index is 12.9. The summed E-state index contributed by atoms with van der Waals surface area (Å²) in [5.74, 6) is 0.0265. The van der Waals surface area contributed by atoms with Crippen LogP contribution in [0.15, 0.2) is 72.9 Å². The van der Waals surface area contributed by atoms with Gasteiger partial charge < -0.3 is 24.8 Å². The number of fused-ring (bicyclic) bond motifs is 3. The molecule has 2 aliphatic rings. The molecule has 1 amide bonds. The Labute approximate surface area is 255 Å². The lowest BCUT2D eigenvalue weighted by Gasteiger charge is -2.53. The summed E-state index contributed by atoms with van der Waals surface area (Å²) in [6.45, 7) is 9.45. The summed E-state index contributed by atoms with van der Waals surface area (Å²) in [7, 11) is 0. The van der Waals surface area contributed by atoms with Gasteiger partial charge in [-0.1, -0.05) is 54.6 Å². The first-order chi connectivity index (χ1) is 21.2. The predicted octanol–water partition coefficient (Wildman–Crippen LogP) is 6.30. The molecular formula is C34H36N6O4. The van der Waals surface area contributed by atoms with Gasteiger partial charge in [-0.3, -0.25) is 4.40 Å². The van der Waals surface area contributed by atoms with Gasteiger partial charge in [0.15, 0.2) is 11.4 Å². The van der Waals surface area contributed by atoms with Crippen molar-refractivity contribution in [2.24, 2.45) is 0 Å². The van der Waals surface area contributed by atoms with Crippen LogP contribution < -0.4 is 10.6 Å². The molecule has 226 valence electrons. The van der Waals surface area contributed by atoms with Crippen molar-refractivity contribution >= 4 is 28.6 Å². The number of anilines is 1. The van der Waals surface area contributed by atoms with Gasteiger partial charge in [0, 0.05) is 42.1 Å². The maximum Gasteiger partial charge on any atom is 0.408 e. The van der Waals surface area contributed by atoms with Gasteiger partial charge >= 0.3 is 6.09 Å². The Morgan fingerprint density at radius 2 is 1.70 bits per heavy atom. The van der Waals surface area contributed by atoms with E-state index in [4.69, 9.17) is 19.2 Å². The molecule has 2 fully saturated rings. The number of carbonyl (C=O) groups excluding carboxylic acids is 1. The zero-order valence-corrected chi connectivity index (χ0v) is 25.4. The van der Waals surface area contributed by atoms with Gasteiger partial charge in [-0.2, -0.15) is 0 Å². The highest BCUT2D eigenvalue weighted by Crippen LogP contribution is 2.53. The molecule has 7 rings (SSSR count). The summed E-state index contributed by atoms with van der Waals surface area (Å²) in [5.41, 5.74) is 5.10. The Morgan fingerprint density at radius 1 is 0.977 bits per heavy atom. The van der Waals surface area contributed by atoms with E-state index in [0.29, 0.717) is 32.0 Å². The van der Waals surface area contributed by atoms with E-state index >= 15 is 0 Å². The van der Waals surface area contributed by atoms with Crippen molar-refractivity contribution in [3.8, 4) is 22.4 Å². The Kier molecular flexibility index (Phi) is 6.78. The second-order valence-corrected chi connectivity index (χ2v) is 12.5. The van der Waals surface area contributed by atoms with Crippen LogP contribution >= 0.6 is 0 Å². The van der Waals surface area contributed by atoms with Gasteiger partial charge in [-0.05, 0) is 51.0 Å². The molecule has 0 unspecified atom stereocenters. The van der Waals surface area contributed by atoms with Gasteiger partial charge in [-0.15, -0.1) is 10.2 Å². The molecule has 2 aromatic carbocycles. The molecule has 2 N–H and O–H groups in total. The smallest absolute Gasteiger partial charge is 0.408 e. The van der Waals surface area contributed by atoms with Gasteiger partial charge in [0.25, 0.3) is 0 Å². The third-order valence-electron chi connectivity index (χ3n) is 8.20. The molecule has 3 aromatic heterocycles. The van der Waals surface area contributed by atoms with Crippen LogP contribution in [0.1, 0.15) is 46.1 Å². The lowest BCUT2D eigenvalue weighted by Crippen LogP contribution is -2.64. The van der Waals surface area contributed by atoms with Crippen LogP contribution in [0.25, 0.3) is 38.9 Å². The molecule has 10 heteroatoms. The fraction of sp³-hybridized carbons (Fsp3) is 0.353. The summed E-state index contributed by atoms with van der Waals surface area (Å²) in [4.78, 5) is 18.1. The minimum Gasteiger partial charge on any atom is -0.444 e. The van der Waals surface area contributed by atoms with Crippen molar-refractivity contribution in [1.29, 1.82) is 0 Å². The van der Waals surface area contributed by atoms with Crippen molar-refractivity contribution in [2.75, 3.05) is 25.1 Å². The zero-order chi connectivity index (χ0) is 30.5. The molecule has 0 atom stereocenters. The minimum atomic E-state index is -0.673. The van der Waals surface area contributed by atoms with Crippen LogP contribution in [-0.2, 0) is 19.7 Å². The highest BCUT2D eigenvalue weighted by atomic mass is 16.7. The van der Waals surface area contributed by atoms with Crippen LogP contribution in [0.5, 0.6) is 0 Å². The average Bonchev–Trinajstić information content (AvgIpc) is 3.64. The summed E-state index contributed by atoms with van der Waals surface area (Å²) in [6.07, 6.45) is 2.49. The molecule has 5 aromatic rings. The highest BCUT2D eigenvalue weighted by Gasteiger charge is 2.60. The first kappa shape index (κ1) is 28.2. The molecule has 44 heavy (non-hydrogen) atoms. The van der Waals surface area contributed by atoms with E-state index in [0.717, 1.165) is 51.0 Å². The monoisotopic (exact) mass is 592 g/mol. The van der Waals surface area contributed by atoms with E-state index in [1.165, 1.54) is 0 Å². The molecule has 1 spiro atoms. The van der Waals surface area contributed by atoms with E-state index < -0.39 is 23.0 Å². The van der Waals surface area contributed by atoms with Gasteiger partial charge in [-0.25, -0.2) is 9.78 Å². The van der Waals surface area contributed by atoms with Gasteiger partial charge in [0.1, 0.15) is 5.60 Å². The number of carbonyl (C=O) groups is 1.